The topological polar surface area (TPSA) is 61.8 Å². The molecule has 3 aliphatic carbocycles. The molecule has 0 radical (unpaired) electrons. The molecule has 6 fully saturated rings. The van der Waals surface area contributed by atoms with Crippen molar-refractivity contribution in [2.45, 2.75) is 51.4 Å². The van der Waals surface area contributed by atoms with Crippen LogP contribution in [0.4, 0.5) is 0 Å². The maximum atomic E-state index is 13.2. The lowest BCUT2D eigenvalue weighted by Crippen LogP contribution is -2.65. The number of hydrogen-bond donors (Lipinski definition) is 0. The van der Waals surface area contributed by atoms with E-state index in [-0.39, 0.29) is 52.7 Å². The molecule has 6 rings (SSSR count). The van der Waals surface area contributed by atoms with Gasteiger partial charge in [0.1, 0.15) is 12.0 Å². The third kappa shape index (κ3) is 1.37. The Morgan fingerprint density at radius 1 is 1.16 bits per heavy atom. The molecule has 0 unspecified atom stereocenters. The fourth-order valence-electron chi connectivity index (χ4n) is 7.68. The van der Waals surface area contributed by atoms with Crippen LogP contribution in [0, 0.1) is 34.0 Å². The highest BCUT2D eigenvalue weighted by Crippen LogP contribution is 2.72. The summed E-state index contributed by atoms with van der Waals surface area (Å²) in [6.07, 6.45) is 4.31. The first-order chi connectivity index (χ1) is 11.9. The molecule has 3 aliphatic heterocycles. The summed E-state index contributed by atoms with van der Waals surface area (Å²) in [6, 6.07) is 0. The van der Waals surface area contributed by atoms with Gasteiger partial charge < -0.3 is 14.2 Å². The number of Topliss-reactive ketones (excluding diaryl/α,β-unsaturated/α-hetero) is 1. The Morgan fingerprint density at radius 2 is 2.00 bits per heavy atom. The van der Waals surface area contributed by atoms with Gasteiger partial charge in [0.15, 0.2) is 12.1 Å². The molecule has 6 aliphatic rings. The Hall–Kier alpha value is -1.20. The standard InChI is InChI=1S/C20H24O5/c1-10-11-3-4-12-19(7-11,15(10)21)17(22)24-9-20(12)13-5-6-18(2)8-23-16(25-13)14(18)20/h11-14,16H,1,3-9H2,2H3/t11-,12+,13+,14+,16+,18-,19-,20+/m0/s1. The minimum absolute atomic E-state index is 0.00516. The van der Waals surface area contributed by atoms with Crippen molar-refractivity contribution >= 4 is 11.8 Å². The fraction of sp³-hybridized carbons (Fsp3) is 0.800. The summed E-state index contributed by atoms with van der Waals surface area (Å²) in [5.74, 6) is 0.0158. The Morgan fingerprint density at radius 3 is 2.84 bits per heavy atom. The van der Waals surface area contributed by atoms with E-state index in [1.165, 1.54) is 0 Å². The molecule has 0 aromatic rings. The summed E-state index contributed by atoms with van der Waals surface area (Å²) in [7, 11) is 0. The van der Waals surface area contributed by atoms with Gasteiger partial charge in [-0.05, 0) is 54.9 Å². The van der Waals surface area contributed by atoms with Crippen molar-refractivity contribution in [3.8, 4) is 0 Å². The highest BCUT2D eigenvalue weighted by Gasteiger charge is 2.78. The number of hydrogen-bond acceptors (Lipinski definition) is 5. The normalized spacial score (nSPS) is 58.6. The number of fused-ring (bicyclic) bond motifs is 1. The van der Waals surface area contributed by atoms with Crippen LogP contribution < -0.4 is 0 Å². The maximum absolute atomic E-state index is 13.2. The van der Waals surface area contributed by atoms with Gasteiger partial charge in [-0.1, -0.05) is 13.5 Å². The molecule has 5 heteroatoms. The molecule has 134 valence electrons. The molecular formula is C20H24O5. The van der Waals surface area contributed by atoms with Gasteiger partial charge in [-0.25, -0.2) is 0 Å². The van der Waals surface area contributed by atoms with Crippen LogP contribution in [0.3, 0.4) is 0 Å². The average molecular weight is 344 g/mol. The third-order valence-corrected chi connectivity index (χ3v) is 8.68. The second kappa shape index (κ2) is 4.20. The van der Waals surface area contributed by atoms with Gasteiger partial charge >= 0.3 is 5.97 Å². The first-order valence-electron chi connectivity index (χ1n) is 9.61. The molecule has 4 bridgehead atoms. The average Bonchev–Trinajstić information content (AvgIpc) is 3.12. The molecule has 3 saturated carbocycles. The number of ketones is 1. The zero-order chi connectivity index (χ0) is 17.2. The second-order valence-corrected chi connectivity index (χ2v) is 9.52. The summed E-state index contributed by atoms with van der Waals surface area (Å²) in [6.45, 7) is 7.40. The molecule has 2 spiro atoms. The number of rotatable bonds is 0. The largest absolute Gasteiger partial charge is 0.464 e. The van der Waals surface area contributed by atoms with Crippen LogP contribution in [-0.2, 0) is 23.8 Å². The van der Waals surface area contributed by atoms with Crippen molar-refractivity contribution in [2.24, 2.45) is 34.0 Å². The third-order valence-electron chi connectivity index (χ3n) is 8.68. The Bertz CT molecular complexity index is 730. The van der Waals surface area contributed by atoms with E-state index in [1.54, 1.807) is 0 Å². The number of allylic oxidation sites excluding steroid dienone is 1. The molecule has 0 N–H and O–H groups in total. The molecule has 3 heterocycles. The van der Waals surface area contributed by atoms with Crippen LogP contribution >= 0.6 is 0 Å². The summed E-state index contributed by atoms with van der Waals surface area (Å²) in [5.41, 5.74) is -0.577. The summed E-state index contributed by atoms with van der Waals surface area (Å²) < 4.78 is 18.1. The van der Waals surface area contributed by atoms with Crippen molar-refractivity contribution < 1.29 is 23.8 Å². The fourth-order valence-corrected chi connectivity index (χ4v) is 7.68. The van der Waals surface area contributed by atoms with E-state index in [2.05, 4.69) is 13.5 Å². The smallest absolute Gasteiger partial charge is 0.320 e. The molecule has 0 amide bonds. The van der Waals surface area contributed by atoms with Crippen LogP contribution in [0.15, 0.2) is 12.2 Å². The summed E-state index contributed by atoms with van der Waals surface area (Å²) in [5, 5.41) is 0. The predicted molar refractivity (Wildman–Crippen MR) is 86.2 cm³/mol. The van der Waals surface area contributed by atoms with E-state index < -0.39 is 5.41 Å². The maximum Gasteiger partial charge on any atom is 0.320 e. The van der Waals surface area contributed by atoms with E-state index in [9.17, 15) is 9.59 Å². The predicted octanol–water partition coefficient (Wildman–Crippen LogP) is 2.24. The first-order valence-corrected chi connectivity index (χ1v) is 9.61. The Kier molecular flexibility index (Phi) is 2.51. The van der Waals surface area contributed by atoms with Crippen LogP contribution in [0.25, 0.3) is 0 Å². The Balaban J connectivity index is 1.56. The van der Waals surface area contributed by atoms with Gasteiger partial charge in [0.05, 0.1) is 12.7 Å². The molecule has 0 aromatic carbocycles. The van der Waals surface area contributed by atoms with Gasteiger partial charge in [0.2, 0.25) is 0 Å². The van der Waals surface area contributed by atoms with Crippen LogP contribution in [0.2, 0.25) is 0 Å². The number of esters is 1. The lowest BCUT2D eigenvalue weighted by molar-refractivity contribution is -0.215. The molecule has 25 heavy (non-hydrogen) atoms. The van der Waals surface area contributed by atoms with Crippen LogP contribution in [0.1, 0.15) is 39.0 Å². The van der Waals surface area contributed by atoms with E-state index in [4.69, 9.17) is 14.2 Å². The highest BCUT2D eigenvalue weighted by atomic mass is 16.7. The van der Waals surface area contributed by atoms with Crippen LogP contribution in [0.5, 0.6) is 0 Å². The van der Waals surface area contributed by atoms with Crippen molar-refractivity contribution in [3.63, 3.8) is 0 Å². The van der Waals surface area contributed by atoms with Crippen molar-refractivity contribution in [3.05, 3.63) is 12.2 Å². The summed E-state index contributed by atoms with van der Waals surface area (Å²) in [4.78, 5) is 26.1. The minimum Gasteiger partial charge on any atom is -0.464 e. The van der Waals surface area contributed by atoms with Gasteiger partial charge in [-0.2, -0.15) is 0 Å². The molecule has 0 aromatic heterocycles. The van der Waals surface area contributed by atoms with Crippen molar-refractivity contribution in [2.75, 3.05) is 13.2 Å². The highest BCUT2D eigenvalue weighted by molar-refractivity contribution is 6.15. The second-order valence-electron chi connectivity index (χ2n) is 9.52. The zero-order valence-electron chi connectivity index (χ0n) is 14.6. The van der Waals surface area contributed by atoms with E-state index in [0.29, 0.717) is 25.2 Å². The van der Waals surface area contributed by atoms with Gasteiger partial charge in [-0.3, -0.25) is 9.59 Å². The van der Waals surface area contributed by atoms with Gasteiger partial charge in [-0.15, -0.1) is 0 Å². The monoisotopic (exact) mass is 344 g/mol. The SMILES string of the molecule is C=C1C(=O)[C@]23C[C@@H]1CC[C@H]2[C@@]1(COC3=O)[C@@H]2[C@@H]3OC[C@]2(C)CC[C@H]1O3. The number of ether oxygens (including phenoxy) is 3. The number of carbonyl (C=O) groups excluding carboxylic acids is 2. The molecule has 5 nitrogen and oxygen atoms in total. The number of cyclic esters (lactones) is 1. The zero-order valence-corrected chi connectivity index (χ0v) is 14.6. The van der Waals surface area contributed by atoms with E-state index >= 15 is 0 Å². The van der Waals surface area contributed by atoms with E-state index in [1.807, 2.05) is 0 Å². The number of carbonyl (C=O) groups is 2. The quantitative estimate of drug-likeness (QED) is 0.383. The molecule has 8 atom stereocenters. The molecular weight excluding hydrogens is 320 g/mol. The molecule has 3 saturated heterocycles. The minimum atomic E-state index is -1.00. The lowest BCUT2D eigenvalue weighted by Gasteiger charge is -2.58. The summed E-state index contributed by atoms with van der Waals surface area (Å²) >= 11 is 0. The van der Waals surface area contributed by atoms with Crippen molar-refractivity contribution in [1.29, 1.82) is 0 Å². The van der Waals surface area contributed by atoms with Gasteiger partial charge in [0, 0.05) is 11.3 Å². The lowest BCUT2D eigenvalue weighted by atomic mass is 9.45. The van der Waals surface area contributed by atoms with Gasteiger partial charge in [0.25, 0.3) is 0 Å². The van der Waals surface area contributed by atoms with Crippen molar-refractivity contribution in [1.82, 2.24) is 0 Å². The van der Waals surface area contributed by atoms with E-state index in [0.717, 1.165) is 25.7 Å². The first kappa shape index (κ1) is 14.9. The Labute approximate surface area is 147 Å². The van der Waals surface area contributed by atoms with Crippen LogP contribution in [-0.4, -0.2) is 37.4 Å².